The Kier molecular flexibility index (Phi) is 6.25. The Morgan fingerprint density at radius 3 is 2.25 bits per heavy atom. The van der Waals surface area contributed by atoms with Gasteiger partial charge in [0.25, 0.3) is 0 Å². The van der Waals surface area contributed by atoms with Crippen LogP contribution in [0.15, 0.2) is 0 Å². The molecule has 0 aliphatic rings. The fraction of sp³-hybridized carbons (Fsp3) is 0.900. The fourth-order valence-electron chi connectivity index (χ4n) is 1.13. The van der Waals surface area contributed by atoms with E-state index < -0.39 is 24.7 Å². The fourth-order valence-corrected chi connectivity index (χ4v) is 1.13. The molecule has 1 unspecified atom stereocenters. The quantitative estimate of drug-likeness (QED) is 0.769. The van der Waals surface area contributed by atoms with E-state index in [0.29, 0.717) is 13.1 Å². The monoisotopic (exact) mass is 239 g/mol. The first kappa shape index (κ1) is 15.1. The Morgan fingerprint density at radius 1 is 1.38 bits per heavy atom. The average Bonchev–Trinajstić information content (AvgIpc) is 2.27. The molecule has 0 aliphatic carbocycles. The van der Waals surface area contributed by atoms with E-state index in [2.05, 4.69) is 4.74 Å². The molecule has 1 atom stereocenters. The number of ether oxygens (including phenoxy) is 1. The summed E-state index contributed by atoms with van der Waals surface area (Å²) < 4.78 is 30.7. The maximum Gasteiger partial charge on any atom is 0.409 e. The molecule has 0 aliphatic heterocycles. The van der Waals surface area contributed by atoms with Crippen LogP contribution in [0.3, 0.4) is 0 Å². The van der Waals surface area contributed by atoms with Gasteiger partial charge in [-0.1, -0.05) is 6.92 Å². The zero-order chi connectivity index (χ0) is 12.8. The van der Waals surface area contributed by atoms with Crippen molar-refractivity contribution in [2.45, 2.75) is 39.2 Å². The summed E-state index contributed by atoms with van der Waals surface area (Å²) in [4.78, 5) is 12.5. The zero-order valence-corrected chi connectivity index (χ0v) is 9.87. The van der Waals surface area contributed by atoms with Gasteiger partial charge in [-0.3, -0.25) is 0 Å². The Bertz CT molecular complexity index is 220. The SMILES string of the molecule is CCC(O)C(F)(F)COC(=O)N(CC)CC. The summed E-state index contributed by atoms with van der Waals surface area (Å²) in [7, 11) is 0. The van der Waals surface area contributed by atoms with Crippen LogP contribution in [0.5, 0.6) is 0 Å². The van der Waals surface area contributed by atoms with Crippen LogP contribution in [-0.2, 0) is 4.74 Å². The van der Waals surface area contributed by atoms with Gasteiger partial charge in [0.05, 0.1) is 0 Å². The molecule has 16 heavy (non-hydrogen) atoms. The Labute approximate surface area is 94.2 Å². The average molecular weight is 239 g/mol. The molecule has 0 aromatic carbocycles. The lowest BCUT2D eigenvalue weighted by Crippen LogP contribution is -2.41. The lowest BCUT2D eigenvalue weighted by molar-refractivity contribution is -0.139. The summed E-state index contributed by atoms with van der Waals surface area (Å²) in [5.41, 5.74) is 0. The van der Waals surface area contributed by atoms with Crippen LogP contribution >= 0.6 is 0 Å². The maximum absolute atomic E-state index is 13.1. The van der Waals surface area contributed by atoms with Crippen molar-refractivity contribution in [1.82, 2.24) is 4.90 Å². The lowest BCUT2D eigenvalue weighted by Gasteiger charge is -2.23. The largest absolute Gasteiger partial charge is 0.443 e. The number of aliphatic hydroxyl groups is 1. The van der Waals surface area contributed by atoms with Gasteiger partial charge in [-0.05, 0) is 20.3 Å². The number of nitrogens with zero attached hydrogens (tertiary/aromatic N) is 1. The third-order valence-corrected chi connectivity index (χ3v) is 2.28. The molecule has 0 aromatic heterocycles. The number of halogens is 2. The zero-order valence-electron chi connectivity index (χ0n) is 9.87. The second kappa shape index (κ2) is 6.62. The molecule has 1 amide bonds. The van der Waals surface area contributed by atoms with Gasteiger partial charge in [0, 0.05) is 13.1 Å². The van der Waals surface area contributed by atoms with Crippen molar-refractivity contribution >= 4 is 6.09 Å². The molecule has 0 fully saturated rings. The van der Waals surface area contributed by atoms with Crippen LogP contribution in [-0.4, -0.2) is 47.8 Å². The van der Waals surface area contributed by atoms with Crippen LogP contribution in [0.4, 0.5) is 13.6 Å². The van der Waals surface area contributed by atoms with Gasteiger partial charge in [-0.25, -0.2) is 4.79 Å². The van der Waals surface area contributed by atoms with Crippen LogP contribution in [0.2, 0.25) is 0 Å². The number of carbonyl (C=O) groups is 1. The second-order valence-corrected chi connectivity index (χ2v) is 3.41. The van der Waals surface area contributed by atoms with Crippen molar-refractivity contribution in [2.75, 3.05) is 19.7 Å². The topological polar surface area (TPSA) is 49.8 Å². The van der Waals surface area contributed by atoms with Gasteiger partial charge in [-0.15, -0.1) is 0 Å². The summed E-state index contributed by atoms with van der Waals surface area (Å²) in [5, 5.41) is 9.00. The van der Waals surface area contributed by atoms with Gasteiger partial charge in [0.2, 0.25) is 0 Å². The molecular weight excluding hydrogens is 220 g/mol. The van der Waals surface area contributed by atoms with Crippen molar-refractivity contribution in [3.63, 3.8) is 0 Å². The summed E-state index contributed by atoms with van der Waals surface area (Å²) in [6.45, 7) is 4.60. The van der Waals surface area contributed by atoms with Gasteiger partial charge in [0.15, 0.2) is 6.61 Å². The highest BCUT2D eigenvalue weighted by molar-refractivity contribution is 5.67. The van der Waals surface area contributed by atoms with Crippen LogP contribution < -0.4 is 0 Å². The molecule has 4 nitrogen and oxygen atoms in total. The van der Waals surface area contributed by atoms with Crippen LogP contribution in [0.25, 0.3) is 0 Å². The minimum absolute atomic E-state index is 0.0875. The van der Waals surface area contributed by atoms with Crippen molar-refractivity contribution in [2.24, 2.45) is 0 Å². The molecule has 1 N–H and O–H groups in total. The lowest BCUT2D eigenvalue weighted by atomic mass is 10.1. The molecule has 0 rings (SSSR count). The van der Waals surface area contributed by atoms with Crippen molar-refractivity contribution in [3.8, 4) is 0 Å². The smallest absolute Gasteiger partial charge is 0.409 e. The van der Waals surface area contributed by atoms with E-state index >= 15 is 0 Å². The molecule has 0 bridgehead atoms. The van der Waals surface area contributed by atoms with Gasteiger partial charge in [0.1, 0.15) is 6.10 Å². The molecule has 0 saturated heterocycles. The highest BCUT2D eigenvalue weighted by Gasteiger charge is 2.39. The second-order valence-electron chi connectivity index (χ2n) is 3.41. The molecule has 6 heteroatoms. The minimum Gasteiger partial charge on any atom is -0.443 e. The predicted molar refractivity (Wildman–Crippen MR) is 55.5 cm³/mol. The Hall–Kier alpha value is -0.910. The third kappa shape index (κ3) is 4.30. The maximum atomic E-state index is 13.1. The van der Waals surface area contributed by atoms with E-state index in [1.54, 1.807) is 13.8 Å². The molecule has 96 valence electrons. The van der Waals surface area contributed by atoms with Gasteiger partial charge >= 0.3 is 12.0 Å². The summed E-state index contributed by atoms with van der Waals surface area (Å²) in [5.74, 6) is -3.39. The number of hydrogen-bond acceptors (Lipinski definition) is 3. The summed E-state index contributed by atoms with van der Waals surface area (Å²) >= 11 is 0. The standard InChI is InChI=1S/C10H19F2NO3/c1-4-8(14)10(11,12)7-16-9(15)13(5-2)6-3/h8,14H,4-7H2,1-3H3. The number of carbonyl (C=O) groups excluding carboxylic acids is 1. The highest BCUT2D eigenvalue weighted by Crippen LogP contribution is 2.21. The molecule has 0 saturated carbocycles. The number of rotatable bonds is 6. The van der Waals surface area contributed by atoms with Crippen molar-refractivity contribution in [3.05, 3.63) is 0 Å². The number of alkyl halides is 2. The van der Waals surface area contributed by atoms with E-state index in [1.165, 1.54) is 11.8 Å². The van der Waals surface area contributed by atoms with E-state index in [1.807, 2.05) is 0 Å². The summed E-state index contributed by atoms with van der Waals surface area (Å²) in [6, 6.07) is 0. The van der Waals surface area contributed by atoms with Gasteiger partial charge in [-0.2, -0.15) is 8.78 Å². The molecule has 0 spiro atoms. The normalized spacial score (nSPS) is 13.4. The van der Waals surface area contributed by atoms with Crippen LogP contribution in [0.1, 0.15) is 27.2 Å². The molecule has 0 heterocycles. The first-order valence-electron chi connectivity index (χ1n) is 5.36. The molecule has 0 radical (unpaired) electrons. The predicted octanol–water partition coefficient (Wildman–Crippen LogP) is 1.87. The van der Waals surface area contributed by atoms with E-state index in [0.717, 1.165) is 0 Å². The van der Waals surface area contributed by atoms with E-state index in [4.69, 9.17) is 5.11 Å². The van der Waals surface area contributed by atoms with E-state index in [-0.39, 0.29) is 6.42 Å². The Balaban J connectivity index is 4.18. The third-order valence-electron chi connectivity index (χ3n) is 2.28. The summed E-state index contributed by atoms with van der Waals surface area (Å²) in [6.07, 6.45) is -2.65. The first-order chi connectivity index (χ1) is 7.38. The molecule has 0 aromatic rings. The van der Waals surface area contributed by atoms with Crippen LogP contribution in [0, 0.1) is 0 Å². The highest BCUT2D eigenvalue weighted by atomic mass is 19.3. The van der Waals surface area contributed by atoms with Crippen molar-refractivity contribution < 1.29 is 23.4 Å². The Morgan fingerprint density at radius 2 is 1.88 bits per heavy atom. The molecular formula is C10H19F2NO3. The van der Waals surface area contributed by atoms with Crippen molar-refractivity contribution in [1.29, 1.82) is 0 Å². The number of hydrogen-bond donors (Lipinski definition) is 1. The van der Waals surface area contributed by atoms with E-state index in [9.17, 15) is 13.6 Å². The minimum atomic E-state index is -3.39. The number of aliphatic hydroxyl groups excluding tert-OH is 1. The number of amides is 1. The van der Waals surface area contributed by atoms with Gasteiger partial charge < -0.3 is 14.7 Å². The first-order valence-corrected chi connectivity index (χ1v) is 5.36.